The molecular weight excluding hydrogens is 230 g/mol. The first kappa shape index (κ1) is 12.4. The van der Waals surface area contributed by atoms with Crippen LogP contribution in [0.4, 0.5) is 0 Å². The molecular formula is C14H15NO3. The van der Waals surface area contributed by atoms with E-state index in [1.54, 1.807) is 13.0 Å². The van der Waals surface area contributed by atoms with Gasteiger partial charge >= 0.3 is 5.97 Å². The van der Waals surface area contributed by atoms with E-state index in [0.29, 0.717) is 11.1 Å². The summed E-state index contributed by atoms with van der Waals surface area (Å²) in [5.41, 5.74) is 1.76. The fourth-order valence-corrected chi connectivity index (χ4v) is 1.91. The van der Waals surface area contributed by atoms with E-state index >= 15 is 0 Å². The maximum Gasteiger partial charge on any atom is 0.360 e. The number of aryl methyl sites for hydroxylation is 2. The molecule has 2 aromatic rings. The van der Waals surface area contributed by atoms with Crippen LogP contribution in [-0.2, 0) is 4.74 Å². The summed E-state index contributed by atoms with van der Waals surface area (Å²) in [6.07, 6.45) is 0. The molecule has 0 aliphatic carbocycles. The van der Waals surface area contributed by atoms with Crippen molar-refractivity contribution < 1.29 is 14.6 Å². The van der Waals surface area contributed by atoms with Gasteiger partial charge in [-0.25, -0.2) is 9.78 Å². The number of carbonyl (C=O) groups excluding carboxylic acids is 1. The van der Waals surface area contributed by atoms with Gasteiger partial charge in [0.25, 0.3) is 0 Å². The highest BCUT2D eigenvalue weighted by Gasteiger charge is 2.18. The van der Waals surface area contributed by atoms with Gasteiger partial charge in [0.1, 0.15) is 0 Å². The Morgan fingerprint density at radius 1 is 1.33 bits per heavy atom. The second-order valence-electron chi connectivity index (χ2n) is 4.16. The highest BCUT2D eigenvalue weighted by molar-refractivity contribution is 6.00. The smallest absolute Gasteiger partial charge is 0.360 e. The van der Waals surface area contributed by atoms with Crippen molar-refractivity contribution in [3.8, 4) is 5.75 Å². The number of benzene rings is 1. The lowest BCUT2D eigenvalue weighted by molar-refractivity contribution is 0.0516. The number of hydrogen-bond acceptors (Lipinski definition) is 4. The number of carbonyl (C=O) groups is 1. The van der Waals surface area contributed by atoms with Gasteiger partial charge in [-0.05, 0) is 26.8 Å². The van der Waals surface area contributed by atoms with Crippen LogP contribution < -0.4 is 0 Å². The van der Waals surface area contributed by atoms with Gasteiger partial charge in [0.2, 0.25) is 0 Å². The van der Waals surface area contributed by atoms with E-state index in [2.05, 4.69) is 4.98 Å². The summed E-state index contributed by atoms with van der Waals surface area (Å²) in [6, 6.07) is 5.61. The van der Waals surface area contributed by atoms with Crippen LogP contribution in [0.1, 0.15) is 28.7 Å². The maximum atomic E-state index is 11.7. The van der Waals surface area contributed by atoms with Crippen molar-refractivity contribution in [3.63, 3.8) is 0 Å². The molecule has 0 bridgehead atoms. The molecule has 1 heterocycles. The number of hydrogen-bond donors (Lipinski definition) is 1. The van der Waals surface area contributed by atoms with Crippen LogP contribution in [0.5, 0.6) is 5.75 Å². The van der Waals surface area contributed by atoms with Crippen molar-refractivity contribution in [3.05, 3.63) is 35.2 Å². The third-order valence-electron chi connectivity index (χ3n) is 2.79. The van der Waals surface area contributed by atoms with Crippen molar-refractivity contribution in [2.75, 3.05) is 6.61 Å². The van der Waals surface area contributed by atoms with Gasteiger partial charge in [0, 0.05) is 16.5 Å². The van der Waals surface area contributed by atoms with Crippen molar-refractivity contribution in [2.45, 2.75) is 20.8 Å². The zero-order chi connectivity index (χ0) is 13.3. The third-order valence-corrected chi connectivity index (χ3v) is 2.79. The molecule has 4 nitrogen and oxygen atoms in total. The Bertz CT molecular complexity index is 620. The van der Waals surface area contributed by atoms with Crippen molar-refractivity contribution in [1.82, 2.24) is 4.98 Å². The Hall–Kier alpha value is -2.10. The number of nitrogens with zero attached hydrogens (tertiary/aromatic N) is 1. The van der Waals surface area contributed by atoms with Gasteiger partial charge in [-0.3, -0.25) is 0 Å². The normalized spacial score (nSPS) is 10.6. The van der Waals surface area contributed by atoms with Crippen LogP contribution in [0.3, 0.4) is 0 Å². The van der Waals surface area contributed by atoms with Crippen LogP contribution in [0, 0.1) is 13.8 Å². The van der Waals surface area contributed by atoms with Crippen LogP contribution in [0.2, 0.25) is 0 Å². The Morgan fingerprint density at radius 2 is 2.06 bits per heavy atom. The van der Waals surface area contributed by atoms with Crippen LogP contribution in [-0.4, -0.2) is 22.7 Å². The molecule has 0 aliphatic heterocycles. The van der Waals surface area contributed by atoms with Gasteiger partial charge in [-0.2, -0.15) is 0 Å². The minimum atomic E-state index is -0.597. The molecule has 94 valence electrons. The van der Waals surface area contributed by atoms with Gasteiger partial charge < -0.3 is 9.84 Å². The van der Waals surface area contributed by atoms with E-state index in [0.717, 1.165) is 10.9 Å². The third kappa shape index (κ3) is 2.01. The quantitative estimate of drug-likeness (QED) is 0.826. The zero-order valence-electron chi connectivity index (χ0n) is 10.7. The fraction of sp³-hybridized carbons (Fsp3) is 0.286. The molecule has 0 aliphatic rings. The summed E-state index contributed by atoms with van der Waals surface area (Å²) in [5, 5.41) is 11.6. The first-order valence-electron chi connectivity index (χ1n) is 5.81. The number of esters is 1. The Balaban J connectivity index is 2.69. The molecule has 2 rings (SSSR count). The highest BCUT2D eigenvalue weighted by atomic mass is 16.5. The van der Waals surface area contributed by atoms with E-state index in [-0.39, 0.29) is 18.1 Å². The largest absolute Gasteiger partial charge is 0.505 e. The molecule has 18 heavy (non-hydrogen) atoms. The minimum absolute atomic E-state index is 0.0225. The van der Waals surface area contributed by atoms with E-state index in [4.69, 9.17) is 4.74 Å². The number of ether oxygens (including phenoxy) is 1. The first-order chi connectivity index (χ1) is 8.54. The van der Waals surface area contributed by atoms with Gasteiger partial charge in [0.15, 0.2) is 11.4 Å². The summed E-state index contributed by atoms with van der Waals surface area (Å²) >= 11 is 0. The molecule has 1 aromatic carbocycles. The average molecular weight is 245 g/mol. The van der Waals surface area contributed by atoms with Crippen LogP contribution in [0.15, 0.2) is 18.2 Å². The van der Waals surface area contributed by atoms with Gasteiger partial charge in [-0.15, -0.1) is 0 Å². The van der Waals surface area contributed by atoms with E-state index in [1.165, 1.54) is 0 Å². The summed E-state index contributed by atoms with van der Waals surface area (Å²) in [4.78, 5) is 15.8. The summed E-state index contributed by atoms with van der Waals surface area (Å²) < 4.78 is 4.87. The Morgan fingerprint density at radius 3 is 2.72 bits per heavy atom. The lowest BCUT2D eigenvalue weighted by Crippen LogP contribution is -2.08. The SMILES string of the molecule is CCOC(=O)c1nc(C)c2cc(C)ccc2c1O. The summed E-state index contributed by atoms with van der Waals surface area (Å²) in [5.74, 6) is -0.713. The molecule has 1 N–H and O–H groups in total. The predicted molar refractivity (Wildman–Crippen MR) is 68.8 cm³/mol. The van der Waals surface area contributed by atoms with E-state index in [1.807, 2.05) is 26.0 Å². The molecule has 0 radical (unpaired) electrons. The van der Waals surface area contributed by atoms with Crippen molar-refractivity contribution in [2.24, 2.45) is 0 Å². The van der Waals surface area contributed by atoms with E-state index in [9.17, 15) is 9.90 Å². The number of aromatic nitrogens is 1. The molecule has 4 heteroatoms. The monoisotopic (exact) mass is 245 g/mol. The lowest BCUT2D eigenvalue weighted by Gasteiger charge is -2.09. The van der Waals surface area contributed by atoms with Gasteiger partial charge in [0.05, 0.1) is 6.61 Å². The predicted octanol–water partition coefficient (Wildman–Crippen LogP) is 2.73. The average Bonchev–Trinajstić information content (AvgIpc) is 2.34. The van der Waals surface area contributed by atoms with Crippen LogP contribution >= 0.6 is 0 Å². The summed E-state index contributed by atoms with van der Waals surface area (Å²) in [6.45, 7) is 5.75. The molecule has 0 amide bonds. The lowest BCUT2D eigenvalue weighted by atomic mass is 10.0. The van der Waals surface area contributed by atoms with E-state index < -0.39 is 5.97 Å². The summed E-state index contributed by atoms with van der Waals surface area (Å²) in [7, 11) is 0. The Labute approximate surface area is 105 Å². The topological polar surface area (TPSA) is 59.4 Å². The van der Waals surface area contributed by atoms with Gasteiger partial charge in [-0.1, -0.05) is 17.7 Å². The number of rotatable bonds is 2. The van der Waals surface area contributed by atoms with Crippen molar-refractivity contribution in [1.29, 1.82) is 0 Å². The maximum absolute atomic E-state index is 11.7. The number of fused-ring (bicyclic) bond motifs is 1. The first-order valence-corrected chi connectivity index (χ1v) is 5.81. The standard InChI is InChI=1S/C14H15NO3/c1-4-18-14(17)12-13(16)10-6-5-8(2)7-11(10)9(3)15-12/h5-7,16H,4H2,1-3H3. The molecule has 0 unspecified atom stereocenters. The molecule has 0 atom stereocenters. The molecule has 0 fully saturated rings. The van der Waals surface area contributed by atoms with Crippen LogP contribution in [0.25, 0.3) is 10.8 Å². The number of aromatic hydroxyl groups is 1. The molecule has 0 spiro atoms. The molecule has 0 saturated carbocycles. The molecule has 1 aromatic heterocycles. The highest BCUT2D eigenvalue weighted by Crippen LogP contribution is 2.30. The zero-order valence-corrected chi connectivity index (χ0v) is 10.7. The fourth-order valence-electron chi connectivity index (χ4n) is 1.91. The number of pyridine rings is 1. The molecule has 0 saturated heterocycles. The Kier molecular flexibility index (Phi) is 3.19. The second kappa shape index (κ2) is 4.64. The second-order valence-corrected chi connectivity index (χ2v) is 4.16. The minimum Gasteiger partial charge on any atom is -0.505 e. The van der Waals surface area contributed by atoms with Crippen molar-refractivity contribution >= 4 is 16.7 Å².